The second kappa shape index (κ2) is 5.25. The van der Waals surface area contributed by atoms with Crippen LogP contribution in [0, 0.1) is 0 Å². The van der Waals surface area contributed by atoms with E-state index in [0.29, 0.717) is 12.0 Å². The van der Waals surface area contributed by atoms with E-state index in [4.69, 9.17) is 0 Å². The molecule has 3 N–H and O–H groups in total. The SMILES string of the molecule is O=C1Cc2cc(C(=O)NC3CCC(O)CC3)ccc2N1. The summed E-state index contributed by atoms with van der Waals surface area (Å²) in [7, 11) is 0. The Morgan fingerprint density at radius 3 is 2.75 bits per heavy atom. The van der Waals surface area contributed by atoms with Crippen molar-refractivity contribution >= 4 is 17.5 Å². The van der Waals surface area contributed by atoms with Crippen LogP contribution < -0.4 is 10.6 Å². The van der Waals surface area contributed by atoms with E-state index < -0.39 is 0 Å². The van der Waals surface area contributed by atoms with Crippen molar-refractivity contribution in [1.82, 2.24) is 5.32 Å². The fourth-order valence-electron chi connectivity index (χ4n) is 2.86. The third-order valence-electron chi connectivity index (χ3n) is 4.02. The predicted molar refractivity (Wildman–Crippen MR) is 74.5 cm³/mol. The smallest absolute Gasteiger partial charge is 0.251 e. The van der Waals surface area contributed by atoms with Crippen LogP contribution in [-0.2, 0) is 11.2 Å². The maximum Gasteiger partial charge on any atom is 0.251 e. The van der Waals surface area contributed by atoms with E-state index in [9.17, 15) is 14.7 Å². The van der Waals surface area contributed by atoms with Gasteiger partial charge in [-0.25, -0.2) is 0 Å². The molecular formula is C15H18N2O3. The average molecular weight is 274 g/mol. The Morgan fingerprint density at radius 2 is 2.00 bits per heavy atom. The van der Waals surface area contributed by atoms with Gasteiger partial charge >= 0.3 is 0 Å². The molecule has 2 amide bonds. The van der Waals surface area contributed by atoms with Crippen LogP contribution in [0.5, 0.6) is 0 Å². The Morgan fingerprint density at radius 1 is 1.25 bits per heavy atom. The van der Waals surface area contributed by atoms with E-state index in [1.54, 1.807) is 18.2 Å². The average Bonchev–Trinajstić information content (AvgIpc) is 2.80. The second-order valence-electron chi connectivity index (χ2n) is 5.58. The number of anilines is 1. The summed E-state index contributed by atoms with van der Waals surface area (Å²) in [6.45, 7) is 0. The lowest BCUT2D eigenvalue weighted by Crippen LogP contribution is -2.38. The number of carbonyl (C=O) groups is 2. The number of fused-ring (bicyclic) bond motifs is 1. The minimum absolute atomic E-state index is 0.0289. The quantitative estimate of drug-likeness (QED) is 0.758. The molecule has 20 heavy (non-hydrogen) atoms. The van der Waals surface area contributed by atoms with Gasteiger partial charge in [-0.15, -0.1) is 0 Å². The third kappa shape index (κ3) is 2.67. The fourth-order valence-corrected chi connectivity index (χ4v) is 2.86. The molecule has 0 aromatic heterocycles. The highest BCUT2D eigenvalue weighted by molar-refractivity contribution is 6.01. The molecule has 5 nitrogen and oxygen atoms in total. The molecule has 0 bridgehead atoms. The number of aliphatic hydroxyl groups excluding tert-OH is 1. The third-order valence-corrected chi connectivity index (χ3v) is 4.02. The summed E-state index contributed by atoms with van der Waals surface area (Å²) in [5, 5.41) is 15.2. The molecule has 0 radical (unpaired) electrons. The van der Waals surface area contributed by atoms with Crippen molar-refractivity contribution < 1.29 is 14.7 Å². The van der Waals surface area contributed by atoms with Crippen molar-refractivity contribution in [3.63, 3.8) is 0 Å². The molecule has 106 valence electrons. The molecular weight excluding hydrogens is 256 g/mol. The molecule has 1 aliphatic carbocycles. The highest BCUT2D eigenvalue weighted by Gasteiger charge is 2.23. The molecule has 2 aliphatic rings. The van der Waals surface area contributed by atoms with Crippen LogP contribution in [0.25, 0.3) is 0 Å². The fraction of sp³-hybridized carbons (Fsp3) is 0.467. The number of amides is 2. The zero-order chi connectivity index (χ0) is 14.1. The Labute approximate surface area is 117 Å². The van der Waals surface area contributed by atoms with E-state index in [1.807, 2.05) is 0 Å². The molecule has 3 rings (SSSR count). The largest absolute Gasteiger partial charge is 0.393 e. The molecule has 0 atom stereocenters. The monoisotopic (exact) mass is 274 g/mol. The van der Waals surface area contributed by atoms with Crippen molar-refractivity contribution in [3.8, 4) is 0 Å². The predicted octanol–water partition coefficient (Wildman–Crippen LogP) is 1.21. The first kappa shape index (κ1) is 13.1. The van der Waals surface area contributed by atoms with Gasteiger partial charge in [0.25, 0.3) is 5.91 Å². The van der Waals surface area contributed by atoms with Gasteiger partial charge in [0.05, 0.1) is 12.5 Å². The minimum atomic E-state index is -0.222. The lowest BCUT2D eigenvalue weighted by Gasteiger charge is -2.26. The maximum atomic E-state index is 12.2. The summed E-state index contributed by atoms with van der Waals surface area (Å²) in [5.74, 6) is -0.132. The van der Waals surface area contributed by atoms with Gasteiger partial charge in [-0.1, -0.05) is 0 Å². The number of aliphatic hydroxyl groups is 1. The highest BCUT2D eigenvalue weighted by atomic mass is 16.3. The summed E-state index contributed by atoms with van der Waals surface area (Å²) in [6, 6.07) is 5.43. The molecule has 1 fully saturated rings. The summed E-state index contributed by atoms with van der Waals surface area (Å²) < 4.78 is 0. The summed E-state index contributed by atoms with van der Waals surface area (Å²) in [6.07, 6.45) is 3.24. The molecule has 1 heterocycles. The zero-order valence-corrected chi connectivity index (χ0v) is 11.2. The Balaban J connectivity index is 1.66. The zero-order valence-electron chi connectivity index (χ0n) is 11.2. The van der Waals surface area contributed by atoms with E-state index in [1.165, 1.54) is 0 Å². The van der Waals surface area contributed by atoms with Gasteiger partial charge in [0.15, 0.2) is 0 Å². The van der Waals surface area contributed by atoms with Crippen LogP contribution in [-0.4, -0.2) is 29.1 Å². The molecule has 1 aromatic rings. The van der Waals surface area contributed by atoms with Gasteiger partial charge in [-0.2, -0.15) is 0 Å². The van der Waals surface area contributed by atoms with Gasteiger partial charge < -0.3 is 15.7 Å². The first-order chi connectivity index (χ1) is 9.61. The van der Waals surface area contributed by atoms with Crippen LogP contribution in [0.3, 0.4) is 0 Å². The number of hydrogen-bond donors (Lipinski definition) is 3. The van der Waals surface area contributed by atoms with Crippen molar-refractivity contribution in [2.45, 2.75) is 44.2 Å². The molecule has 1 aliphatic heterocycles. The van der Waals surface area contributed by atoms with E-state index >= 15 is 0 Å². The van der Waals surface area contributed by atoms with Crippen LogP contribution >= 0.6 is 0 Å². The number of carbonyl (C=O) groups excluding carboxylic acids is 2. The van der Waals surface area contributed by atoms with E-state index in [0.717, 1.165) is 36.9 Å². The molecule has 1 saturated carbocycles. The topological polar surface area (TPSA) is 78.4 Å². The molecule has 0 unspecified atom stereocenters. The molecule has 5 heteroatoms. The van der Waals surface area contributed by atoms with Crippen LogP contribution in [0.15, 0.2) is 18.2 Å². The normalized spacial score (nSPS) is 24.9. The van der Waals surface area contributed by atoms with Crippen LogP contribution in [0.2, 0.25) is 0 Å². The Kier molecular flexibility index (Phi) is 3.44. The van der Waals surface area contributed by atoms with Gasteiger partial charge in [0, 0.05) is 17.3 Å². The first-order valence-corrected chi connectivity index (χ1v) is 7.03. The van der Waals surface area contributed by atoms with Crippen LogP contribution in [0.4, 0.5) is 5.69 Å². The first-order valence-electron chi connectivity index (χ1n) is 7.03. The number of hydrogen-bond acceptors (Lipinski definition) is 3. The minimum Gasteiger partial charge on any atom is -0.393 e. The van der Waals surface area contributed by atoms with E-state index in [-0.39, 0.29) is 24.0 Å². The number of rotatable bonds is 2. The second-order valence-corrected chi connectivity index (χ2v) is 5.58. The van der Waals surface area contributed by atoms with Crippen molar-refractivity contribution in [3.05, 3.63) is 29.3 Å². The number of benzene rings is 1. The van der Waals surface area contributed by atoms with Crippen LogP contribution in [0.1, 0.15) is 41.6 Å². The Bertz CT molecular complexity index is 548. The molecule has 0 spiro atoms. The lowest BCUT2D eigenvalue weighted by atomic mass is 9.93. The summed E-state index contributed by atoms with van der Waals surface area (Å²) >= 11 is 0. The molecule has 1 aromatic carbocycles. The van der Waals surface area contributed by atoms with Crippen molar-refractivity contribution in [2.75, 3.05) is 5.32 Å². The number of nitrogens with one attached hydrogen (secondary N) is 2. The Hall–Kier alpha value is -1.88. The van der Waals surface area contributed by atoms with Crippen molar-refractivity contribution in [1.29, 1.82) is 0 Å². The summed E-state index contributed by atoms with van der Waals surface area (Å²) in [5.41, 5.74) is 2.26. The summed E-state index contributed by atoms with van der Waals surface area (Å²) in [4.78, 5) is 23.5. The van der Waals surface area contributed by atoms with Gasteiger partial charge in [-0.3, -0.25) is 9.59 Å². The highest BCUT2D eigenvalue weighted by Crippen LogP contribution is 2.24. The van der Waals surface area contributed by atoms with E-state index in [2.05, 4.69) is 10.6 Å². The van der Waals surface area contributed by atoms with Gasteiger partial charge in [0.1, 0.15) is 0 Å². The lowest BCUT2D eigenvalue weighted by molar-refractivity contribution is -0.115. The van der Waals surface area contributed by atoms with Gasteiger partial charge in [0.2, 0.25) is 5.91 Å². The van der Waals surface area contributed by atoms with Crippen molar-refractivity contribution in [2.24, 2.45) is 0 Å². The van der Waals surface area contributed by atoms with Gasteiger partial charge in [-0.05, 0) is 49.4 Å². The molecule has 0 saturated heterocycles. The standard InChI is InChI=1S/C15H18N2O3/c18-12-4-2-11(3-5-12)16-15(20)9-1-6-13-10(7-9)8-14(19)17-13/h1,6-7,11-12,18H,2-5,8H2,(H,16,20)(H,17,19). The maximum absolute atomic E-state index is 12.2.